The Labute approximate surface area is 107 Å². The summed E-state index contributed by atoms with van der Waals surface area (Å²) >= 11 is 0. The number of benzene rings is 1. The second-order valence-corrected chi connectivity index (χ2v) is 4.20. The standard InChI is InChI=1S/C12H17NO3.ClH/c1-8(2)16-10-6-4-9(5-7-10)12(3,13)11(14)15;/h4-8H,13H2,1-3H3,(H,14,15);1H. The third kappa shape index (κ3) is 3.91. The minimum Gasteiger partial charge on any atom is -0.491 e. The molecule has 1 aromatic carbocycles. The van der Waals surface area contributed by atoms with Gasteiger partial charge in [0.1, 0.15) is 11.3 Å². The van der Waals surface area contributed by atoms with Gasteiger partial charge in [0.15, 0.2) is 0 Å². The topological polar surface area (TPSA) is 72.5 Å². The van der Waals surface area contributed by atoms with Crippen LogP contribution in [0.2, 0.25) is 0 Å². The summed E-state index contributed by atoms with van der Waals surface area (Å²) in [5.74, 6) is -0.343. The number of ether oxygens (including phenoxy) is 1. The van der Waals surface area contributed by atoms with Gasteiger partial charge in [0.25, 0.3) is 0 Å². The van der Waals surface area contributed by atoms with Crippen molar-refractivity contribution in [3.63, 3.8) is 0 Å². The molecular formula is C12H18ClNO3. The smallest absolute Gasteiger partial charge is 0.328 e. The number of rotatable bonds is 4. The van der Waals surface area contributed by atoms with Gasteiger partial charge < -0.3 is 15.6 Å². The Morgan fingerprint density at radius 3 is 2.18 bits per heavy atom. The predicted octanol–water partition coefficient (Wildman–Crippen LogP) is 2.15. The number of aliphatic carboxylic acids is 1. The number of carbonyl (C=O) groups is 1. The number of hydrogen-bond donors (Lipinski definition) is 2. The minimum atomic E-state index is -1.36. The van der Waals surface area contributed by atoms with Crippen molar-refractivity contribution in [1.82, 2.24) is 0 Å². The second-order valence-electron chi connectivity index (χ2n) is 4.20. The predicted molar refractivity (Wildman–Crippen MR) is 68.6 cm³/mol. The molecule has 1 aromatic rings. The molecule has 1 rings (SSSR count). The quantitative estimate of drug-likeness (QED) is 0.869. The van der Waals surface area contributed by atoms with E-state index in [1.54, 1.807) is 24.3 Å². The monoisotopic (exact) mass is 259 g/mol. The Kier molecular flexibility index (Phi) is 5.45. The molecule has 1 unspecified atom stereocenters. The summed E-state index contributed by atoms with van der Waals surface area (Å²) in [5, 5.41) is 8.95. The first kappa shape index (κ1) is 15.7. The van der Waals surface area contributed by atoms with Gasteiger partial charge in [0.05, 0.1) is 6.10 Å². The Morgan fingerprint density at radius 2 is 1.82 bits per heavy atom. The van der Waals surface area contributed by atoms with Gasteiger partial charge in [0, 0.05) is 0 Å². The van der Waals surface area contributed by atoms with Crippen LogP contribution in [-0.2, 0) is 10.3 Å². The molecule has 96 valence electrons. The van der Waals surface area contributed by atoms with Crippen LogP contribution in [0.3, 0.4) is 0 Å². The van der Waals surface area contributed by atoms with Crippen molar-refractivity contribution < 1.29 is 14.6 Å². The van der Waals surface area contributed by atoms with Crippen LogP contribution in [0.5, 0.6) is 5.75 Å². The van der Waals surface area contributed by atoms with E-state index in [0.717, 1.165) is 0 Å². The van der Waals surface area contributed by atoms with E-state index in [1.165, 1.54) is 6.92 Å². The van der Waals surface area contributed by atoms with Gasteiger partial charge in [-0.25, -0.2) is 4.79 Å². The highest BCUT2D eigenvalue weighted by Gasteiger charge is 2.29. The van der Waals surface area contributed by atoms with Gasteiger partial charge in [-0.2, -0.15) is 0 Å². The van der Waals surface area contributed by atoms with E-state index in [4.69, 9.17) is 15.6 Å². The van der Waals surface area contributed by atoms with Gasteiger partial charge in [-0.05, 0) is 38.5 Å². The molecule has 0 saturated heterocycles. The van der Waals surface area contributed by atoms with E-state index >= 15 is 0 Å². The summed E-state index contributed by atoms with van der Waals surface area (Å²) in [6, 6.07) is 6.80. The van der Waals surface area contributed by atoms with E-state index in [9.17, 15) is 4.79 Å². The third-order valence-corrected chi connectivity index (χ3v) is 2.27. The molecule has 0 aliphatic carbocycles. The van der Waals surface area contributed by atoms with E-state index in [-0.39, 0.29) is 18.5 Å². The van der Waals surface area contributed by atoms with Crippen LogP contribution in [0.4, 0.5) is 0 Å². The molecule has 0 spiro atoms. The molecule has 0 heterocycles. The van der Waals surface area contributed by atoms with E-state index in [0.29, 0.717) is 11.3 Å². The molecule has 0 fully saturated rings. The molecule has 5 heteroatoms. The summed E-state index contributed by atoms with van der Waals surface area (Å²) in [7, 11) is 0. The zero-order valence-corrected chi connectivity index (χ0v) is 11.0. The summed E-state index contributed by atoms with van der Waals surface area (Å²) in [5.41, 5.74) is 4.88. The number of carboxylic acid groups (broad SMARTS) is 1. The zero-order chi connectivity index (χ0) is 12.3. The molecular weight excluding hydrogens is 242 g/mol. The van der Waals surface area contributed by atoms with Crippen molar-refractivity contribution in [3.05, 3.63) is 29.8 Å². The average Bonchev–Trinajstić information content (AvgIpc) is 2.17. The molecule has 17 heavy (non-hydrogen) atoms. The fraction of sp³-hybridized carbons (Fsp3) is 0.417. The Bertz CT molecular complexity index is 374. The van der Waals surface area contributed by atoms with Crippen LogP contribution >= 0.6 is 12.4 Å². The number of hydrogen-bond acceptors (Lipinski definition) is 3. The van der Waals surface area contributed by atoms with Gasteiger partial charge in [-0.1, -0.05) is 12.1 Å². The SMILES string of the molecule is CC(C)Oc1ccc(C(C)(N)C(=O)O)cc1.Cl. The molecule has 0 aromatic heterocycles. The molecule has 0 saturated carbocycles. The lowest BCUT2D eigenvalue weighted by atomic mass is 9.93. The zero-order valence-electron chi connectivity index (χ0n) is 10.1. The highest BCUT2D eigenvalue weighted by atomic mass is 35.5. The van der Waals surface area contributed by atoms with Gasteiger partial charge in [-0.15, -0.1) is 12.4 Å². The Morgan fingerprint density at radius 1 is 1.35 bits per heavy atom. The first-order chi connectivity index (χ1) is 7.34. The van der Waals surface area contributed by atoms with Gasteiger partial charge >= 0.3 is 5.97 Å². The summed E-state index contributed by atoms with van der Waals surface area (Å²) in [4.78, 5) is 10.9. The maximum absolute atomic E-state index is 10.9. The molecule has 0 bridgehead atoms. The largest absolute Gasteiger partial charge is 0.491 e. The lowest BCUT2D eigenvalue weighted by Crippen LogP contribution is -2.41. The minimum absolute atomic E-state index is 0. The van der Waals surface area contributed by atoms with Crippen LogP contribution < -0.4 is 10.5 Å². The van der Waals surface area contributed by atoms with Crippen molar-refractivity contribution in [2.24, 2.45) is 5.73 Å². The van der Waals surface area contributed by atoms with Crippen LogP contribution in [0.15, 0.2) is 24.3 Å². The lowest BCUT2D eigenvalue weighted by molar-refractivity contribution is -0.143. The van der Waals surface area contributed by atoms with E-state index < -0.39 is 11.5 Å². The van der Waals surface area contributed by atoms with Crippen molar-refractivity contribution in [1.29, 1.82) is 0 Å². The van der Waals surface area contributed by atoms with Crippen molar-refractivity contribution in [2.45, 2.75) is 32.4 Å². The van der Waals surface area contributed by atoms with Crippen molar-refractivity contribution in [3.8, 4) is 5.75 Å². The average molecular weight is 260 g/mol. The third-order valence-electron chi connectivity index (χ3n) is 2.27. The Balaban J connectivity index is 0.00000256. The van der Waals surface area contributed by atoms with Crippen LogP contribution in [-0.4, -0.2) is 17.2 Å². The Hall–Kier alpha value is -1.26. The second kappa shape index (κ2) is 5.89. The molecule has 1 atom stereocenters. The lowest BCUT2D eigenvalue weighted by Gasteiger charge is -2.20. The number of nitrogens with two attached hydrogens (primary N) is 1. The summed E-state index contributed by atoms with van der Waals surface area (Å²) in [6.45, 7) is 5.32. The van der Waals surface area contributed by atoms with E-state index in [2.05, 4.69) is 0 Å². The summed E-state index contributed by atoms with van der Waals surface area (Å²) in [6.07, 6.45) is 0.0922. The van der Waals surface area contributed by atoms with E-state index in [1.807, 2.05) is 13.8 Å². The molecule has 4 nitrogen and oxygen atoms in total. The molecule has 0 aliphatic rings. The normalized spacial score (nSPS) is 13.7. The maximum atomic E-state index is 10.9. The molecule has 0 radical (unpaired) electrons. The first-order valence-electron chi connectivity index (χ1n) is 5.13. The van der Waals surface area contributed by atoms with Gasteiger partial charge in [0.2, 0.25) is 0 Å². The highest BCUT2D eigenvalue weighted by molar-refractivity contribution is 5.85. The fourth-order valence-corrected chi connectivity index (χ4v) is 1.28. The van der Waals surface area contributed by atoms with Crippen molar-refractivity contribution >= 4 is 18.4 Å². The summed E-state index contributed by atoms with van der Waals surface area (Å²) < 4.78 is 5.45. The molecule has 0 aliphatic heterocycles. The molecule has 3 N–H and O–H groups in total. The van der Waals surface area contributed by atoms with Crippen LogP contribution in [0.1, 0.15) is 26.3 Å². The first-order valence-corrected chi connectivity index (χ1v) is 5.13. The molecule has 0 amide bonds. The van der Waals surface area contributed by atoms with Crippen LogP contribution in [0.25, 0.3) is 0 Å². The van der Waals surface area contributed by atoms with Crippen LogP contribution in [0, 0.1) is 0 Å². The van der Waals surface area contributed by atoms with Gasteiger partial charge in [-0.3, -0.25) is 0 Å². The fourth-order valence-electron chi connectivity index (χ4n) is 1.28. The highest BCUT2D eigenvalue weighted by Crippen LogP contribution is 2.21. The number of halogens is 1. The number of carboxylic acids is 1. The van der Waals surface area contributed by atoms with Crippen molar-refractivity contribution in [2.75, 3.05) is 0 Å². The maximum Gasteiger partial charge on any atom is 0.328 e.